The third-order valence-electron chi connectivity index (χ3n) is 4.47. The van der Waals surface area contributed by atoms with Gasteiger partial charge in [0.2, 0.25) is 0 Å². The molecule has 0 saturated carbocycles. The van der Waals surface area contributed by atoms with Crippen LogP contribution in [0.5, 0.6) is 0 Å². The zero-order chi connectivity index (χ0) is 14.0. The van der Waals surface area contributed by atoms with Gasteiger partial charge in [-0.2, -0.15) is 22.3 Å². The summed E-state index contributed by atoms with van der Waals surface area (Å²) in [7, 11) is 0. The Labute approximate surface area is 176 Å². The van der Waals surface area contributed by atoms with Crippen LogP contribution < -0.4 is 24.8 Å². The van der Waals surface area contributed by atoms with E-state index in [2.05, 4.69) is 67.5 Å². The summed E-state index contributed by atoms with van der Waals surface area (Å²) in [4.78, 5) is 0. The number of halogens is 2. The topological polar surface area (TPSA) is 0 Å². The van der Waals surface area contributed by atoms with Gasteiger partial charge in [-0.3, -0.25) is 12.2 Å². The van der Waals surface area contributed by atoms with Crippen LogP contribution in [0, 0.1) is 63.9 Å². The Balaban J connectivity index is -0.000000270. The maximum Gasteiger partial charge on any atom is 4.00 e. The Bertz CT molecular complexity index is 424. The molecule has 0 amide bonds. The average molecular weight is 545 g/mol. The SMILES string of the molecule is CC1=[C-]C(C)C(C)=C1C.CC1=[C-]C(C)C(C)=C1C.[Cl-].[Cl-].[Th+4]. The molecule has 3 heteroatoms. The molecule has 0 radical (unpaired) electrons. The second-order valence-corrected chi connectivity index (χ2v) is 5.60. The van der Waals surface area contributed by atoms with E-state index in [0.717, 1.165) is 0 Å². The predicted octanol–water partition coefficient (Wildman–Crippen LogP) is -0.548. The Morgan fingerprint density at radius 1 is 0.619 bits per heavy atom. The van der Waals surface area contributed by atoms with Crippen molar-refractivity contribution in [2.45, 2.75) is 55.4 Å². The molecule has 2 rings (SSSR count). The Hall–Kier alpha value is 0.865. The molecular formula is C18H26Cl2Th. The minimum atomic E-state index is 0. The van der Waals surface area contributed by atoms with Crippen molar-refractivity contribution >= 4 is 0 Å². The van der Waals surface area contributed by atoms with Crippen molar-refractivity contribution in [1.29, 1.82) is 0 Å². The zero-order valence-electron chi connectivity index (χ0n) is 14.4. The molecule has 2 unspecified atom stereocenters. The zero-order valence-corrected chi connectivity index (χ0v) is 20.0. The molecule has 0 nitrogen and oxygen atoms in total. The molecule has 21 heavy (non-hydrogen) atoms. The summed E-state index contributed by atoms with van der Waals surface area (Å²) in [5.74, 6) is 1.12. The van der Waals surface area contributed by atoms with Gasteiger partial charge < -0.3 is 24.8 Å². The molecular weight excluding hydrogens is 519 g/mol. The van der Waals surface area contributed by atoms with Gasteiger partial charge in [0, 0.05) is 0 Å². The molecule has 0 N–H and O–H groups in total. The summed E-state index contributed by atoms with van der Waals surface area (Å²) in [5, 5.41) is 0. The van der Waals surface area contributed by atoms with Crippen molar-refractivity contribution in [2.24, 2.45) is 11.8 Å². The van der Waals surface area contributed by atoms with Gasteiger partial charge in [0.1, 0.15) is 0 Å². The maximum atomic E-state index is 3.36. The van der Waals surface area contributed by atoms with E-state index in [9.17, 15) is 0 Å². The quantitative estimate of drug-likeness (QED) is 0.359. The molecule has 2 atom stereocenters. The summed E-state index contributed by atoms with van der Waals surface area (Å²) in [6.45, 7) is 17.3. The van der Waals surface area contributed by atoms with Crippen molar-refractivity contribution in [3.63, 3.8) is 0 Å². The van der Waals surface area contributed by atoms with Crippen LogP contribution in [0.25, 0.3) is 0 Å². The Kier molecular flexibility index (Phi) is 14.5. The van der Waals surface area contributed by atoms with Crippen LogP contribution in [-0.2, 0) is 0 Å². The maximum absolute atomic E-state index is 3.36. The third-order valence-corrected chi connectivity index (χ3v) is 4.47. The largest absolute Gasteiger partial charge is 4.00 e. The minimum absolute atomic E-state index is 0. The van der Waals surface area contributed by atoms with Crippen molar-refractivity contribution in [2.75, 3.05) is 0 Å². The normalized spacial score (nSPS) is 23.2. The molecule has 0 aromatic rings. The molecule has 0 bridgehead atoms. The van der Waals surface area contributed by atoms with Crippen LogP contribution in [0.1, 0.15) is 55.4 Å². The summed E-state index contributed by atoms with van der Waals surface area (Å²) >= 11 is 0. The molecule has 0 heterocycles. The van der Waals surface area contributed by atoms with E-state index >= 15 is 0 Å². The predicted molar refractivity (Wildman–Crippen MR) is 79.9 cm³/mol. The van der Waals surface area contributed by atoms with E-state index in [0.29, 0.717) is 11.8 Å². The molecule has 2 aliphatic carbocycles. The molecule has 2 aliphatic rings. The van der Waals surface area contributed by atoms with Gasteiger partial charge in [0.15, 0.2) is 0 Å². The van der Waals surface area contributed by atoms with E-state index < -0.39 is 0 Å². The number of hydrogen-bond donors (Lipinski definition) is 0. The van der Waals surface area contributed by atoms with Crippen LogP contribution in [-0.4, -0.2) is 0 Å². The van der Waals surface area contributed by atoms with Gasteiger partial charge in [-0.15, -0.1) is 13.8 Å². The number of allylic oxidation sites excluding steroid dienone is 8. The van der Waals surface area contributed by atoms with Crippen molar-refractivity contribution in [3.05, 3.63) is 45.6 Å². The van der Waals surface area contributed by atoms with E-state index in [-0.39, 0.29) is 64.8 Å². The van der Waals surface area contributed by atoms with Gasteiger partial charge in [-0.25, -0.2) is 11.1 Å². The van der Waals surface area contributed by atoms with E-state index in [1.165, 1.54) is 33.4 Å². The van der Waals surface area contributed by atoms with E-state index in [1.807, 2.05) is 0 Å². The van der Waals surface area contributed by atoms with Gasteiger partial charge in [0.25, 0.3) is 0 Å². The molecule has 0 fully saturated rings. The second kappa shape index (κ2) is 11.4. The van der Waals surface area contributed by atoms with Crippen LogP contribution in [0.15, 0.2) is 33.4 Å². The Morgan fingerprint density at radius 3 is 0.905 bits per heavy atom. The average Bonchev–Trinajstić information content (AvgIpc) is 2.66. The fourth-order valence-electron chi connectivity index (χ4n) is 2.32. The van der Waals surface area contributed by atoms with Crippen molar-refractivity contribution in [3.8, 4) is 0 Å². The summed E-state index contributed by atoms with van der Waals surface area (Å²) in [6.07, 6.45) is 6.72. The van der Waals surface area contributed by atoms with Gasteiger partial charge in [-0.1, -0.05) is 53.4 Å². The molecule has 0 aliphatic heterocycles. The van der Waals surface area contributed by atoms with Crippen molar-refractivity contribution in [1.82, 2.24) is 0 Å². The first kappa shape index (κ1) is 26.7. The number of hydrogen-bond acceptors (Lipinski definition) is 0. The smallest absolute Gasteiger partial charge is 1.00 e. The first-order valence-electron chi connectivity index (χ1n) is 6.81. The molecule has 116 valence electrons. The summed E-state index contributed by atoms with van der Waals surface area (Å²) < 4.78 is 0. The third kappa shape index (κ3) is 6.87. The standard InChI is InChI=1S/2C9H13.2ClH.Th/c2*1-6-5-7(2)9(4)8(6)3;;;/h2*6H,1-4H3;2*1H;/q2*-1;;;+4/p-2. The fraction of sp³-hybridized carbons (Fsp3) is 0.556. The fourth-order valence-corrected chi connectivity index (χ4v) is 2.32. The van der Waals surface area contributed by atoms with E-state index in [4.69, 9.17) is 0 Å². The van der Waals surface area contributed by atoms with Crippen LogP contribution in [0.3, 0.4) is 0 Å². The first-order valence-corrected chi connectivity index (χ1v) is 6.81. The summed E-state index contributed by atoms with van der Waals surface area (Å²) in [6, 6.07) is 0. The monoisotopic (exact) mass is 544 g/mol. The van der Waals surface area contributed by atoms with Crippen LogP contribution in [0.2, 0.25) is 0 Å². The molecule has 0 spiro atoms. The van der Waals surface area contributed by atoms with Gasteiger partial charge in [0.05, 0.1) is 0 Å². The molecule has 0 aromatic heterocycles. The Morgan fingerprint density at radius 2 is 0.857 bits per heavy atom. The van der Waals surface area contributed by atoms with E-state index in [1.54, 1.807) is 0 Å². The van der Waals surface area contributed by atoms with Crippen molar-refractivity contribution < 1.29 is 64.8 Å². The minimum Gasteiger partial charge on any atom is -1.00 e. The molecule has 0 saturated heterocycles. The number of rotatable bonds is 0. The molecule has 0 aromatic carbocycles. The second-order valence-electron chi connectivity index (χ2n) is 5.60. The van der Waals surface area contributed by atoms with Crippen LogP contribution in [0.4, 0.5) is 0 Å². The van der Waals surface area contributed by atoms with Crippen LogP contribution >= 0.6 is 0 Å². The first-order chi connectivity index (χ1) is 8.25. The summed E-state index contributed by atoms with van der Waals surface area (Å²) in [5.41, 5.74) is 8.49. The van der Waals surface area contributed by atoms with Gasteiger partial charge >= 0.3 is 39.9 Å². The van der Waals surface area contributed by atoms with Gasteiger partial charge in [-0.05, 0) is 0 Å².